The summed E-state index contributed by atoms with van der Waals surface area (Å²) in [5.41, 5.74) is 1.81. The molecule has 3 heterocycles. The van der Waals surface area contributed by atoms with Crippen molar-refractivity contribution < 1.29 is 14.3 Å². The molecule has 2 amide bonds. The van der Waals surface area contributed by atoms with E-state index in [1.165, 1.54) is 11.3 Å². The minimum atomic E-state index is -0.391. The number of thiazole rings is 1. The number of hydrogen-bond acceptors (Lipinski definition) is 6. The van der Waals surface area contributed by atoms with E-state index in [2.05, 4.69) is 15.2 Å². The Labute approximate surface area is 184 Å². The van der Waals surface area contributed by atoms with Crippen molar-refractivity contribution >= 4 is 44.7 Å². The molecule has 0 unspecified atom stereocenters. The molecule has 2 aliphatic heterocycles. The van der Waals surface area contributed by atoms with Crippen LogP contribution in [-0.2, 0) is 20.9 Å². The first-order valence-electron chi connectivity index (χ1n) is 10.5. The highest BCUT2D eigenvalue weighted by Crippen LogP contribution is 2.32. The number of rotatable bonds is 5. The van der Waals surface area contributed by atoms with Crippen LogP contribution in [0.15, 0.2) is 47.8 Å². The minimum Gasteiger partial charge on any atom is -0.379 e. The van der Waals surface area contributed by atoms with Crippen LogP contribution >= 0.6 is 11.3 Å². The number of fused-ring (bicyclic) bond motifs is 1. The molecule has 2 fully saturated rings. The van der Waals surface area contributed by atoms with E-state index in [4.69, 9.17) is 4.74 Å². The van der Waals surface area contributed by atoms with Crippen molar-refractivity contribution in [1.29, 1.82) is 0 Å². The van der Waals surface area contributed by atoms with Gasteiger partial charge in [0.15, 0.2) is 5.13 Å². The SMILES string of the molecule is O=C(Nc1nc(CN2CCOCC2)cs1)[C@H]1CC(=O)N(c2cccc3ccccc23)C1. The minimum absolute atomic E-state index is 0.0244. The number of aromatic nitrogens is 1. The molecule has 7 nitrogen and oxygen atoms in total. The van der Waals surface area contributed by atoms with E-state index in [1.54, 1.807) is 4.90 Å². The van der Waals surface area contributed by atoms with Crippen molar-refractivity contribution in [3.8, 4) is 0 Å². The average Bonchev–Trinajstić information content (AvgIpc) is 3.40. The molecule has 1 atom stereocenters. The van der Waals surface area contributed by atoms with Gasteiger partial charge in [0.1, 0.15) is 0 Å². The zero-order valence-corrected chi connectivity index (χ0v) is 17.9. The fraction of sp³-hybridized carbons (Fsp3) is 0.348. The van der Waals surface area contributed by atoms with Crippen LogP contribution < -0.4 is 10.2 Å². The fourth-order valence-electron chi connectivity index (χ4n) is 4.19. The van der Waals surface area contributed by atoms with Gasteiger partial charge in [-0.05, 0) is 11.5 Å². The van der Waals surface area contributed by atoms with Crippen LogP contribution in [0, 0.1) is 5.92 Å². The van der Waals surface area contributed by atoms with Crippen LogP contribution in [0.3, 0.4) is 0 Å². The Morgan fingerprint density at radius 3 is 2.84 bits per heavy atom. The number of benzene rings is 2. The molecular formula is C23H24N4O3S. The van der Waals surface area contributed by atoms with E-state index in [0.29, 0.717) is 11.7 Å². The molecule has 31 heavy (non-hydrogen) atoms. The lowest BCUT2D eigenvalue weighted by Gasteiger charge is -2.25. The third-order valence-corrected chi connectivity index (χ3v) is 6.63. The summed E-state index contributed by atoms with van der Waals surface area (Å²) in [5.74, 6) is -0.565. The molecule has 0 bridgehead atoms. The molecule has 5 rings (SSSR count). The Bertz CT molecular complexity index is 1100. The van der Waals surface area contributed by atoms with Gasteiger partial charge >= 0.3 is 0 Å². The van der Waals surface area contributed by atoms with Gasteiger partial charge in [0.2, 0.25) is 11.8 Å². The van der Waals surface area contributed by atoms with Crippen molar-refractivity contribution in [3.63, 3.8) is 0 Å². The summed E-state index contributed by atoms with van der Waals surface area (Å²) >= 11 is 1.43. The summed E-state index contributed by atoms with van der Waals surface area (Å²) in [6.07, 6.45) is 0.209. The number of morpholine rings is 1. The summed E-state index contributed by atoms with van der Waals surface area (Å²) < 4.78 is 5.38. The quantitative estimate of drug-likeness (QED) is 0.665. The standard InChI is InChI=1S/C23H24N4O3S/c28-21-12-17(13-27(21)20-7-3-5-16-4-1-2-6-19(16)20)22(29)25-23-24-18(15-31-23)14-26-8-10-30-11-9-26/h1-7,15,17H,8-14H2,(H,24,25,29)/t17-/m0/s1. The van der Waals surface area contributed by atoms with Gasteiger partial charge in [0, 0.05) is 43.4 Å². The van der Waals surface area contributed by atoms with E-state index in [9.17, 15) is 9.59 Å². The third kappa shape index (κ3) is 4.32. The van der Waals surface area contributed by atoms with Gasteiger partial charge in [-0.2, -0.15) is 0 Å². The largest absolute Gasteiger partial charge is 0.379 e. The first-order chi connectivity index (χ1) is 15.2. The molecule has 0 radical (unpaired) electrons. The third-order valence-electron chi connectivity index (χ3n) is 5.82. The van der Waals surface area contributed by atoms with E-state index < -0.39 is 5.92 Å². The average molecular weight is 437 g/mol. The highest BCUT2D eigenvalue weighted by atomic mass is 32.1. The Morgan fingerprint density at radius 2 is 1.97 bits per heavy atom. The van der Waals surface area contributed by atoms with Gasteiger partial charge in [-0.3, -0.25) is 14.5 Å². The molecule has 2 aliphatic rings. The Hall–Kier alpha value is -2.81. The van der Waals surface area contributed by atoms with Crippen molar-refractivity contribution in [2.24, 2.45) is 5.92 Å². The highest BCUT2D eigenvalue weighted by molar-refractivity contribution is 7.13. The molecule has 1 N–H and O–H groups in total. The monoisotopic (exact) mass is 436 g/mol. The maximum atomic E-state index is 12.8. The number of carbonyl (C=O) groups is 2. The second kappa shape index (κ2) is 8.74. The summed E-state index contributed by atoms with van der Waals surface area (Å²) in [6.45, 7) is 4.42. The molecule has 8 heteroatoms. The van der Waals surface area contributed by atoms with Crippen LogP contribution in [0.4, 0.5) is 10.8 Å². The maximum Gasteiger partial charge on any atom is 0.231 e. The Balaban J connectivity index is 1.24. The summed E-state index contributed by atoms with van der Waals surface area (Å²) in [7, 11) is 0. The van der Waals surface area contributed by atoms with Crippen LogP contribution in [0.25, 0.3) is 10.8 Å². The Morgan fingerprint density at radius 1 is 1.16 bits per heavy atom. The zero-order valence-electron chi connectivity index (χ0n) is 17.1. The summed E-state index contributed by atoms with van der Waals surface area (Å²) in [5, 5.41) is 7.58. The van der Waals surface area contributed by atoms with Gasteiger partial charge in [-0.15, -0.1) is 11.3 Å². The smallest absolute Gasteiger partial charge is 0.231 e. The van der Waals surface area contributed by atoms with E-state index in [0.717, 1.165) is 55.0 Å². The van der Waals surface area contributed by atoms with Crippen LogP contribution in [-0.4, -0.2) is 54.5 Å². The normalized spacial score (nSPS) is 19.8. The number of anilines is 2. The van der Waals surface area contributed by atoms with E-state index >= 15 is 0 Å². The number of amides is 2. The molecule has 3 aromatic rings. The number of carbonyl (C=O) groups excluding carboxylic acids is 2. The van der Waals surface area contributed by atoms with E-state index in [1.807, 2.05) is 47.8 Å². The predicted octanol–water partition coefficient (Wildman–Crippen LogP) is 3.12. The van der Waals surface area contributed by atoms with Gasteiger partial charge in [-0.25, -0.2) is 4.98 Å². The molecule has 2 aromatic carbocycles. The van der Waals surface area contributed by atoms with E-state index in [-0.39, 0.29) is 18.2 Å². The van der Waals surface area contributed by atoms with Gasteiger partial charge < -0.3 is 15.0 Å². The second-order valence-electron chi connectivity index (χ2n) is 7.93. The van der Waals surface area contributed by atoms with Crippen molar-refractivity contribution in [2.75, 3.05) is 43.1 Å². The van der Waals surface area contributed by atoms with Gasteiger partial charge in [-0.1, -0.05) is 36.4 Å². The van der Waals surface area contributed by atoms with Crippen LogP contribution in [0.2, 0.25) is 0 Å². The van der Waals surface area contributed by atoms with Crippen molar-refractivity contribution in [3.05, 3.63) is 53.5 Å². The lowest BCUT2D eigenvalue weighted by Crippen LogP contribution is -2.35. The highest BCUT2D eigenvalue weighted by Gasteiger charge is 2.36. The topological polar surface area (TPSA) is 74.8 Å². The van der Waals surface area contributed by atoms with Gasteiger partial charge in [0.05, 0.1) is 30.5 Å². The zero-order chi connectivity index (χ0) is 21.2. The number of hydrogen-bond donors (Lipinski definition) is 1. The molecule has 0 aliphatic carbocycles. The predicted molar refractivity (Wildman–Crippen MR) is 121 cm³/mol. The number of ether oxygens (including phenoxy) is 1. The Kier molecular flexibility index (Phi) is 5.67. The lowest BCUT2D eigenvalue weighted by atomic mass is 10.1. The van der Waals surface area contributed by atoms with Crippen molar-refractivity contribution in [2.45, 2.75) is 13.0 Å². The summed E-state index contributed by atoms with van der Waals surface area (Å²) in [4.78, 5) is 34.2. The fourth-order valence-corrected chi connectivity index (χ4v) is 4.90. The van der Waals surface area contributed by atoms with Gasteiger partial charge in [0.25, 0.3) is 0 Å². The molecule has 0 spiro atoms. The summed E-state index contributed by atoms with van der Waals surface area (Å²) in [6, 6.07) is 13.9. The second-order valence-corrected chi connectivity index (χ2v) is 8.78. The molecule has 1 aromatic heterocycles. The molecule has 2 saturated heterocycles. The van der Waals surface area contributed by atoms with Crippen LogP contribution in [0.1, 0.15) is 12.1 Å². The number of nitrogens with one attached hydrogen (secondary N) is 1. The molecule has 160 valence electrons. The first kappa shape index (κ1) is 20.1. The van der Waals surface area contributed by atoms with Crippen LogP contribution in [0.5, 0.6) is 0 Å². The molecular weight excluding hydrogens is 412 g/mol. The first-order valence-corrected chi connectivity index (χ1v) is 11.4. The number of nitrogens with zero attached hydrogens (tertiary/aromatic N) is 3. The lowest BCUT2D eigenvalue weighted by molar-refractivity contribution is -0.122. The molecule has 0 saturated carbocycles. The maximum absolute atomic E-state index is 12.8. The van der Waals surface area contributed by atoms with Crippen molar-refractivity contribution in [1.82, 2.24) is 9.88 Å².